The highest BCUT2D eigenvalue weighted by molar-refractivity contribution is 6.32. The van der Waals surface area contributed by atoms with Crippen LogP contribution in [-0.2, 0) is 6.54 Å². The summed E-state index contributed by atoms with van der Waals surface area (Å²) in [4.78, 5) is 2.05. The van der Waals surface area contributed by atoms with Crippen LogP contribution in [0, 0.1) is 18.3 Å². The van der Waals surface area contributed by atoms with Crippen LogP contribution in [0.2, 0.25) is 5.02 Å². The van der Waals surface area contributed by atoms with E-state index in [2.05, 4.69) is 25.1 Å². The monoisotopic (exact) mass is 270 g/mol. The minimum Gasteiger partial charge on any atom is -0.369 e. The SMILES string of the molecule is Cc1ccccc1CN(C)c1cccc(Cl)c1C#N. The molecule has 0 aliphatic heterocycles. The summed E-state index contributed by atoms with van der Waals surface area (Å²) in [5.74, 6) is 0. The first-order valence-corrected chi connectivity index (χ1v) is 6.45. The minimum absolute atomic E-state index is 0.497. The van der Waals surface area contributed by atoms with Crippen LogP contribution in [0.1, 0.15) is 16.7 Å². The summed E-state index contributed by atoms with van der Waals surface area (Å²) in [7, 11) is 1.97. The second kappa shape index (κ2) is 5.77. The molecular weight excluding hydrogens is 256 g/mol. The van der Waals surface area contributed by atoms with Gasteiger partial charge in [-0.3, -0.25) is 0 Å². The molecular formula is C16H15ClN2. The highest BCUT2D eigenvalue weighted by atomic mass is 35.5. The van der Waals surface area contributed by atoms with Crippen LogP contribution in [0.4, 0.5) is 5.69 Å². The van der Waals surface area contributed by atoms with Crippen molar-refractivity contribution in [2.24, 2.45) is 0 Å². The third-order valence-corrected chi connectivity index (χ3v) is 3.50. The van der Waals surface area contributed by atoms with E-state index in [0.717, 1.165) is 12.2 Å². The molecule has 0 saturated carbocycles. The summed E-state index contributed by atoms with van der Waals surface area (Å²) in [5.41, 5.74) is 3.88. The molecule has 0 aliphatic rings. The van der Waals surface area contributed by atoms with Gasteiger partial charge in [0.15, 0.2) is 0 Å². The average molecular weight is 271 g/mol. The number of hydrogen-bond donors (Lipinski definition) is 0. The van der Waals surface area contributed by atoms with Crippen molar-refractivity contribution in [2.75, 3.05) is 11.9 Å². The molecule has 0 N–H and O–H groups in total. The van der Waals surface area contributed by atoms with Crippen molar-refractivity contribution in [3.63, 3.8) is 0 Å². The van der Waals surface area contributed by atoms with Crippen molar-refractivity contribution in [2.45, 2.75) is 13.5 Å². The van der Waals surface area contributed by atoms with Crippen LogP contribution >= 0.6 is 11.6 Å². The second-order valence-corrected chi connectivity index (χ2v) is 4.94. The predicted octanol–water partition coefficient (Wildman–Crippen LogP) is 4.16. The van der Waals surface area contributed by atoms with Gasteiger partial charge in [0, 0.05) is 13.6 Å². The van der Waals surface area contributed by atoms with Crippen LogP contribution < -0.4 is 4.90 Å². The maximum absolute atomic E-state index is 9.21. The molecule has 0 fully saturated rings. The quantitative estimate of drug-likeness (QED) is 0.837. The molecule has 0 saturated heterocycles. The molecule has 2 aromatic carbocycles. The summed E-state index contributed by atoms with van der Waals surface area (Å²) in [6.07, 6.45) is 0. The first kappa shape index (κ1) is 13.5. The Bertz CT molecular complexity index is 629. The highest BCUT2D eigenvalue weighted by Gasteiger charge is 2.11. The summed E-state index contributed by atoms with van der Waals surface area (Å²) < 4.78 is 0. The number of nitriles is 1. The first-order valence-electron chi connectivity index (χ1n) is 6.07. The Morgan fingerprint density at radius 3 is 2.58 bits per heavy atom. The predicted molar refractivity (Wildman–Crippen MR) is 79.5 cm³/mol. The van der Waals surface area contributed by atoms with Gasteiger partial charge in [-0.05, 0) is 30.2 Å². The summed E-state index contributed by atoms with van der Waals surface area (Å²) in [5, 5.41) is 9.70. The normalized spacial score (nSPS) is 10.0. The van der Waals surface area contributed by atoms with E-state index >= 15 is 0 Å². The summed E-state index contributed by atoms with van der Waals surface area (Å²) in [6.45, 7) is 2.84. The second-order valence-electron chi connectivity index (χ2n) is 4.53. The highest BCUT2D eigenvalue weighted by Crippen LogP contribution is 2.27. The lowest BCUT2D eigenvalue weighted by Crippen LogP contribution is -2.18. The molecule has 2 nitrogen and oxygen atoms in total. The van der Waals surface area contributed by atoms with Crippen molar-refractivity contribution in [3.8, 4) is 6.07 Å². The summed E-state index contributed by atoms with van der Waals surface area (Å²) in [6, 6.07) is 15.9. The molecule has 0 bridgehead atoms. The van der Waals surface area contributed by atoms with Crippen LogP contribution in [0.3, 0.4) is 0 Å². The van der Waals surface area contributed by atoms with E-state index < -0.39 is 0 Å². The zero-order valence-corrected chi connectivity index (χ0v) is 11.8. The Morgan fingerprint density at radius 2 is 1.89 bits per heavy atom. The Morgan fingerprint density at radius 1 is 1.16 bits per heavy atom. The number of aryl methyl sites for hydroxylation is 1. The zero-order chi connectivity index (χ0) is 13.8. The molecule has 0 aliphatic carbocycles. The minimum atomic E-state index is 0.497. The van der Waals surface area contributed by atoms with Crippen molar-refractivity contribution in [3.05, 3.63) is 64.2 Å². The maximum atomic E-state index is 9.21. The largest absolute Gasteiger partial charge is 0.369 e. The van der Waals surface area contributed by atoms with Crippen LogP contribution in [0.25, 0.3) is 0 Å². The van der Waals surface area contributed by atoms with Gasteiger partial charge < -0.3 is 4.90 Å². The average Bonchev–Trinajstić information content (AvgIpc) is 2.41. The van der Waals surface area contributed by atoms with E-state index in [0.29, 0.717) is 10.6 Å². The molecule has 0 heterocycles. The smallest absolute Gasteiger partial charge is 0.103 e. The van der Waals surface area contributed by atoms with Gasteiger partial charge in [0.05, 0.1) is 16.3 Å². The van der Waals surface area contributed by atoms with E-state index in [-0.39, 0.29) is 0 Å². The van der Waals surface area contributed by atoms with Crippen LogP contribution in [0.5, 0.6) is 0 Å². The molecule has 0 radical (unpaired) electrons. The number of anilines is 1. The van der Waals surface area contributed by atoms with E-state index in [4.69, 9.17) is 11.6 Å². The van der Waals surface area contributed by atoms with Gasteiger partial charge in [-0.25, -0.2) is 0 Å². The number of hydrogen-bond acceptors (Lipinski definition) is 2. The Labute approximate surface area is 118 Å². The number of rotatable bonds is 3. The van der Waals surface area contributed by atoms with E-state index in [1.54, 1.807) is 6.07 Å². The zero-order valence-electron chi connectivity index (χ0n) is 11.0. The van der Waals surface area contributed by atoms with Gasteiger partial charge in [0.25, 0.3) is 0 Å². The molecule has 0 amide bonds. The van der Waals surface area contributed by atoms with Crippen molar-refractivity contribution in [1.29, 1.82) is 5.26 Å². The van der Waals surface area contributed by atoms with Gasteiger partial charge >= 0.3 is 0 Å². The molecule has 3 heteroatoms. The summed E-state index contributed by atoms with van der Waals surface area (Å²) >= 11 is 6.06. The van der Waals surface area contributed by atoms with E-state index in [1.165, 1.54) is 11.1 Å². The van der Waals surface area contributed by atoms with Crippen molar-refractivity contribution < 1.29 is 0 Å². The van der Waals surface area contributed by atoms with E-state index in [9.17, 15) is 5.26 Å². The Hall–Kier alpha value is -1.98. The fourth-order valence-corrected chi connectivity index (χ4v) is 2.28. The lowest BCUT2D eigenvalue weighted by atomic mass is 10.1. The lowest BCUT2D eigenvalue weighted by molar-refractivity contribution is 0.912. The van der Waals surface area contributed by atoms with Gasteiger partial charge in [-0.2, -0.15) is 5.26 Å². The first-order chi connectivity index (χ1) is 9.13. The topological polar surface area (TPSA) is 27.0 Å². The number of nitrogens with zero attached hydrogens (tertiary/aromatic N) is 2. The lowest BCUT2D eigenvalue weighted by Gasteiger charge is -2.22. The number of halogens is 1. The molecule has 0 atom stereocenters. The molecule has 0 spiro atoms. The third-order valence-electron chi connectivity index (χ3n) is 3.18. The van der Waals surface area contributed by atoms with Crippen LogP contribution in [-0.4, -0.2) is 7.05 Å². The fourth-order valence-electron chi connectivity index (χ4n) is 2.07. The van der Waals surface area contributed by atoms with Gasteiger partial charge in [0.1, 0.15) is 6.07 Å². The van der Waals surface area contributed by atoms with E-state index in [1.807, 2.05) is 36.2 Å². The number of benzene rings is 2. The standard InChI is InChI=1S/C16H15ClN2/c1-12-6-3-4-7-13(12)11-19(2)16-9-5-8-15(17)14(16)10-18/h3-9H,11H2,1-2H3. The van der Waals surface area contributed by atoms with Crippen molar-refractivity contribution >= 4 is 17.3 Å². The molecule has 2 rings (SSSR count). The fraction of sp³-hybridized carbons (Fsp3) is 0.188. The molecule has 2 aromatic rings. The third kappa shape index (κ3) is 2.89. The maximum Gasteiger partial charge on any atom is 0.103 e. The molecule has 96 valence electrons. The molecule has 0 unspecified atom stereocenters. The van der Waals surface area contributed by atoms with Crippen molar-refractivity contribution in [1.82, 2.24) is 0 Å². The van der Waals surface area contributed by atoms with Gasteiger partial charge in [-0.15, -0.1) is 0 Å². The Balaban J connectivity index is 2.31. The van der Waals surface area contributed by atoms with Gasteiger partial charge in [-0.1, -0.05) is 41.9 Å². The molecule has 0 aromatic heterocycles. The van der Waals surface area contributed by atoms with Gasteiger partial charge in [0.2, 0.25) is 0 Å². The molecule has 19 heavy (non-hydrogen) atoms. The Kier molecular flexibility index (Phi) is 4.09. The van der Waals surface area contributed by atoms with Crippen LogP contribution in [0.15, 0.2) is 42.5 Å².